The Morgan fingerprint density at radius 3 is 2.64 bits per heavy atom. The van der Waals surface area contributed by atoms with Gasteiger partial charge in [-0.15, -0.1) is 0 Å². The summed E-state index contributed by atoms with van der Waals surface area (Å²) in [6.07, 6.45) is 0. The zero-order valence-electron chi connectivity index (χ0n) is 9.52. The van der Waals surface area contributed by atoms with E-state index in [2.05, 4.69) is 51.2 Å². The Labute approximate surface area is 86.5 Å². The van der Waals surface area contributed by atoms with Gasteiger partial charge in [0.05, 0.1) is 0 Å². The summed E-state index contributed by atoms with van der Waals surface area (Å²) in [4.78, 5) is 0. The number of anilines is 1. The number of fused-ring (bicyclic) bond motifs is 1. The Balaban J connectivity index is 2.48. The van der Waals surface area contributed by atoms with Crippen molar-refractivity contribution in [1.29, 1.82) is 0 Å². The highest BCUT2D eigenvalue weighted by Crippen LogP contribution is 2.43. The molecule has 0 fully saturated rings. The van der Waals surface area contributed by atoms with Crippen LogP contribution >= 0.6 is 0 Å². The van der Waals surface area contributed by atoms with E-state index in [-0.39, 0.29) is 0 Å². The third kappa shape index (κ3) is 1.41. The van der Waals surface area contributed by atoms with E-state index in [1.54, 1.807) is 0 Å². The highest BCUT2D eigenvalue weighted by molar-refractivity contribution is 5.61. The fourth-order valence-electron chi connectivity index (χ4n) is 2.35. The Hall–Kier alpha value is -0.980. The van der Waals surface area contributed by atoms with Crippen LogP contribution in [0.2, 0.25) is 0 Å². The second-order valence-electron chi connectivity index (χ2n) is 5.34. The lowest BCUT2D eigenvalue weighted by molar-refractivity contribution is 0.338. The van der Waals surface area contributed by atoms with Crippen molar-refractivity contribution < 1.29 is 0 Å². The molecule has 0 saturated heterocycles. The van der Waals surface area contributed by atoms with Gasteiger partial charge in [-0.1, -0.05) is 32.9 Å². The molecule has 1 unspecified atom stereocenters. The SMILES string of the molecule is Cc1cccc2c1C(C(C)(C)C)CN2. The highest BCUT2D eigenvalue weighted by atomic mass is 14.9. The first kappa shape index (κ1) is 9.57. The van der Waals surface area contributed by atoms with Gasteiger partial charge in [-0.25, -0.2) is 0 Å². The molecule has 1 aromatic rings. The van der Waals surface area contributed by atoms with Crippen LogP contribution in [-0.4, -0.2) is 6.54 Å². The molecule has 0 bridgehead atoms. The predicted molar refractivity (Wildman–Crippen MR) is 61.9 cm³/mol. The quantitative estimate of drug-likeness (QED) is 0.658. The van der Waals surface area contributed by atoms with Crippen molar-refractivity contribution in [3.8, 4) is 0 Å². The van der Waals surface area contributed by atoms with Crippen LogP contribution in [0.1, 0.15) is 37.8 Å². The van der Waals surface area contributed by atoms with Crippen LogP contribution in [0, 0.1) is 12.3 Å². The molecule has 2 rings (SSSR count). The lowest BCUT2D eigenvalue weighted by Crippen LogP contribution is -2.20. The molecule has 1 aromatic carbocycles. The molecule has 1 heteroatoms. The molecule has 76 valence electrons. The van der Waals surface area contributed by atoms with Crippen molar-refractivity contribution in [2.75, 3.05) is 11.9 Å². The minimum absolute atomic E-state index is 0.352. The van der Waals surface area contributed by atoms with Gasteiger partial charge >= 0.3 is 0 Å². The number of benzene rings is 1. The van der Waals surface area contributed by atoms with Gasteiger partial charge in [0.15, 0.2) is 0 Å². The average Bonchev–Trinajstić information content (AvgIpc) is 2.47. The summed E-state index contributed by atoms with van der Waals surface area (Å²) in [5.41, 5.74) is 4.64. The molecule has 1 heterocycles. The molecule has 0 spiro atoms. The van der Waals surface area contributed by atoms with E-state index in [0.29, 0.717) is 11.3 Å². The molecule has 0 amide bonds. The summed E-state index contributed by atoms with van der Waals surface area (Å²) in [7, 11) is 0. The van der Waals surface area contributed by atoms with Gasteiger partial charge < -0.3 is 5.32 Å². The maximum absolute atomic E-state index is 3.50. The predicted octanol–water partition coefficient (Wildman–Crippen LogP) is 3.55. The molecule has 1 nitrogen and oxygen atoms in total. The number of hydrogen-bond acceptors (Lipinski definition) is 1. The summed E-state index contributed by atoms with van der Waals surface area (Å²) in [5.74, 6) is 0.652. The zero-order chi connectivity index (χ0) is 10.3. The highest BCUT2D eigenvalue weighted by Gasteiger charge is 2.32. The lowest BCUT2D eigenvalue weighted by atomic mass is 9.76. The largest absolute Gasteiger partial charge is 0.384 e. The smallest absolute Gasteiger partial charge is 0.0379 e. The fourth-order valence-corrected chi connectivity index (χ4v) is 2.35. The number of hydrogen-bond donors (Lipinski definition) is 1. The first-order chi connectivity index (χ1) is 6.50. The van der Waals surface area contributed by atoms with Gasteiger partial charge in [0.25, 0.3) is 0 Å². The van der Waals surface area contributed by atoms with Crippen LogP contribution in [0.3, 0.4) is 0 Å². The molecule has 1 aliphatic rings. The minimum atomic E-state index is 0.352. The normalized spacial score (nSPS) is 20.4. The number of nitrogens with one attached hydrogen (secondary N) is 1. The molecule has 0 aliphatic carbocycles. The van der Waals surface area contributed by atoms with Crippen LogP contribution in [0.15, 0.2) is 18.2 Å². The van der Waals surface area contributed by atoms with Gasteiger partial charge in [0, 0.05) is 18.2 Å². The topological polar surface area (TPSA) is 12.0 Å². The molecule has 0 saturated carbocycles. The summed E-state index contributed by atoms with van der Waals surface area (Å²) in [6, 6.07) is 6.53. The minimum Gasteiger partial charge on any atom is -0.384 e. The summed E-state index contributed by atoms with van der Waals surface area (Å²) in [5, 5.41) is 3.50. The third-order valence-electron chi connectivity index (χ3n) is 3.21. The average molecular weight is 189 g/mol. The first-order valence-electron chi connectivity index (χ1n) is 5.33. The number of aryl methyl sites for hydroxylation is 1. The van der Waals surface area contributed by atoms with Gasteiger partial charge in [-0.2, -0.15) is 0 Å². The maximum atomic E-state index is 3.50. The summed E-state index contributed by atoms with van der Waals surface area (Å²) in [6.45, 7) is 10.3. The van der Waals surface area contributed by atoms with Crippen LogP contribution < -0.4 is 5.32 Å². The second-order valence-corrected chi connectivity index (χ2v) is 5.34. The van der Waals surface area contributed by atoms with E-state index in [1.165, 1.54) is 16.8 Å². The van der Waals surface area contributed by atoms with E-state index < -0.39 is 0 Å². The van der Waals surface area contributed by atoms with Crippen molar-refractivity contribution in [3.05, 3.63) is 29.3 Å². The van der Waals surface area contributed by atoms with Crippen LogP contribution in [0.25, 0.3) is 0 Å². The first-order valence-corrected chi connectivity index (χ1v) is 5.33. The van der Waals surface area contributed by atoms with Gasteiger partial charge in [-0.05, 0) is 29.5 Å². The van der Waals surface area contributed by atoms with Crippen LogP contribution in [-0.2, 0) is 0 Å². The Bertz CT molecular complexity index is 347. The zero-order valence-corrected chi connectivity index (χ0v) is 9.52. The second kappa shape index (κ2) is 3.01. The fraction of sp³-hybridized carbons (Fsp3) is 0.538. The molecule has 1 aliphatic heterocycles. The van der Waals surface area contributed by atoms with Gasteiger partial charge in [-0.3, -0.25) is 0 Å². The Kier molecular flexibility index (Phi) is 2.06. The standard InChI is InChI=1S/C13H19N/c1-9-6-5-7-11-12(9)10(8-14-11)13(2,3)4/h5-7,10,14H,8H2,1-4H3. The van der Waals surface area contributed by atoms with E-state index in [0.717, 1.165) is 6.54 Å². The molecule has 14 heavy (non-hydrogen) atoms. The van der Waals surface area contributed by atoms with Crippen molar-refractivity contribution in [1.82, 2.24) is 0 Å². The molecule has 0 radical (unpaired) electrons. The van der Waals surface area contributed by atoms with Crippen molar-refractivity contribution >= 4 is 5.69 Å². The van der Waals surface area contributed by atoms with Gasteiger partial charge in [0.1, 0.15) is 0 Å². The van der Waals surface area contributed by atoms with Crippen molar-refractivity contribution in [2.45, 2.75) is 33.6 Å². The van der Waals surface area contributed by atoms with Gasteiger partial charge in [0.2, 0.25) is 0 Å². The maximum Gasteiger partial charge on any atom is 0.0379 e. The number of rotatable bonds is 0. The van der Waals surface area contributed by atoms with E-state index in [9.17, 15) is 0 Å². The van der Waals surface area contributed by atoms with E-state index >= 15 is 0 Å². The van der Waals surface area contributed by atoms with E-state index in [4.69, 9.17) is 0 Å². The summed E-state index contributed by atoms with van der Waals surface area (Å²) >= 11 is 0. The molecule has 1 N–H and O–H groups in total. The summed E-state index contributed by atoms with van der Waals surface area (Å²) < 4.78 is 0. The van der Waals surface area contributed by atoms with Crippen molar-refractivity contribution in [2.24, 2.45) is 5.41 Å². The van der Waals surface area contributed by atoms with Crippen LogP contribution in [0.5, 0.6) is 0 Å². The molecule has 1 atom stereocenters. The lowest BCUT2D eigenvalue weighted by Gasteiger charge is -2.27. The molecular weight excluding hydrogens is 170 g/mol. The molecular formula is C13H19N. The van der Waals surface area contributed by atoms with Crippen LogP contribution in [0.4, 0.5) is 5.69 Å². The Morgan fingerprint density at radius 1 is 1.29 bits per heavy atom. The van der Waals surface area contributed by atoms with Crippen molar-refractivity contribution in [3.63, 3.8) is 0 Å². The Morgan fingerprint density at radius 2 is 2.00 bits per heavy atom. The molecule has 0 aromatic heterocycles. The monoisotopic (exact) mass is 189 g/mol. The van der Waals surface area contributed by atoms with E-state index in [1.807, 2.05) is 0 Å². The third-order valence-corrected chi connectivity index (χ3v) is 3.21.